The minimum absolute atomic E-state index is 0.0712. The molecule has 0 saturated carbocycles. The van der Waals surface area contributed by atoms with Gasteiger partial charge in [0.2, 0.25) is 5.95 Å². The molecule has 0 radical (unpaired) electrons. The van der Waals surface area contributed by atoms with Crippen LogP contribution in [0.2, 0.25) is 0 Å². The molecule has 0 spiro atoms. The molecule has 1 fully saturated rings. The fourth-order valence-corrected chi connectivity index (χ4v) is 3.56. The van der Waals surface area contributed by atoms with Crippen LogP contribution in [0.4, 0.5) is 14.7 Å². The standard InChI is InChI=1S/C20H26F2N4O/c1-3-19-14(2)11-23-20(24-19)26-8-7-25(16(13-26)6-9-27)12-15-4-5-17(21)18(22)10-15/h4-5,10-11,16,27H,3,6-9,12-13H2,1-2H3/t16-/m0/s1. The Kier molecular flexibility index (Phi) is 6.34. The summed E-state index contributed by atoms with van der Waals surface area (Å²) in [5.74, 6) is -0.948. The van der Waals surface area contributed by atoms with Gasteiger partial charge in [-0.2, -0.15) is 0 Å². The van der Waals surface area contributed by atoms with Crippen molar-refractivity contribution in [2.45, 2.75) is 39.3 Å². The van der Waals surface area contributed by atoms with E-state index in [0.29, 0.717) is 25.5 Å². The van der Waals surface area contributed by atoms with Gasteiger partial charge >= 0.3 is 0 Å². The van der Waals surface area contributed by atoms with Crippen molar-refractivity contribution in [3.8, 4) is 0 Å². The molecule has 0 amide bonds. The average molecular weight is 376 g/mol. The SMILES string of the molecule is CCc1nc(N2CCN(Cc3ccc(F)c(F)c3)[C@@H](CCO)C2)ncc1C. The Bertz CT molecular complexity index is 787. The van der Waals surface area contributed by atoms with Crippen molar-refractivity contribution in [3.05, 3.63) is 52.9 Å². The quantitative estimate of drug-likeness (QED) is 0.840. The Morgan fingerprint density at radius 3 is 2.74 bits per heavy atom. The minimum Gasteiger partial charge on any atom is -0.396 e. The lowest BCUT2D eigenvalue weighted by atomic mass is 10.1. The second-order valence-corrected chi connectivity index (χ2v) is 6.98. The number of hydrogen-bond acceptors (Lipinski definition) is 5. The first-order valence-electron chi connectivity index (χ1n) is 9.38. The van der Waals surface area contributed by atoms with Crippen LogP contribution in [0.5, 0.6) is 0 Å². The highest BCUT2D eigenvalue weighted by Crippen LogP contribution is 2.21. The number of hydrogen-bond donors (Lipinski definition) is 1. The number of nitrogens with zero attached hydrogens (tertiary/aromatic N) is 4. The van der Waals surface area contributed by atoms with E-state index in [1.54, 1.807) is 6.07 Å². The lowest BCUT2D eigenvalue weighted by Gasteiger charge is -2.41. The number of aryl methyl sites for hydroxylation is 2. The number of aliphatic hydroxyl groups excluding tert-OH is 1. The highest BCUT2D eigenvalue weighted by Gasteiger charge is 2.28. The zero-order chi connectivity index (χ0) is 19.4. The predicted octanol–water partition coefficient (Wildman–Crippen LogP) is 2.70. The predicted molar refractivity (Wildman–Crippen MR) is 101 cm³/mol. The van der Waals surface area contributed by atoms with Crippen LogP contribution in [0.1, 0.15) is 30.2 Å². The van der Waals surface area contributed by atoms with Gasteiger partial charge < -0.3 is 10.0 Å². The first kappa shape index (κ1) is 19.6. The van der Waals surface area contributed by atoms with Crippen molar-refractivity contribution in [2.24, 2.45) is 0 Å². The van der Waals surface area contributed by atoms with Gasteiger partial charge in [0.15, 0.2) is 11.6 Å². The van der Waals surface area contributed by atoms with E-state index in [1.807, 2.05) is 13.1 Å². The summed E-state index contributed by atoms with van der Waals surface area (Å²) in [6, 6.07) is 4.10. The van der Waals surface area contributed by atoms with Crippen LogP contribution in [0, 0.1) is 18.6 Å². The van der Waals surface area contributed by atoms with Gasteiger partial charge in [0.05, 0.1) is 0 Å². The minimum atomic E-state index is -0.835. The van der Waals surface area contributed by atoms with E-state index in [9.17, 15) is 13.9 Å². The molecular formula is C20H26F2N4O. The summed E-state index contributed by atoms with van der Waals surface area (Å²) in [5.41, 5.74) is 2.86. The van der Waals surface area contributed by atoms with Crippen molar-refractivity contribution in [1.29, 1.82) is 0 Å². The Morgan fingerprint density at radius 2 is 2.04 bits per heavy atom. The van der Waals surface area contributed by atoms with E-state index in [-0.39, 0.29) is 12.6 Å². The largest absolute Gasteiger partial charge is 0.396 e. The van der Waals surface area contributed by atoms with Gasteiger partial charge in [-0.05, 0) is 43.0 Å². The molecule has 146 valence electrons. The molecule has 1 aromatic heterocycles. The molecule has 1 aromatic carbocycles. The lowest BCUT2D eigenvalue weighted by molar-refractivity contribution is 0.134. The fourth-order valence-electron chi connectivity index (χ4n) is 3.56. The van der Waals surface area contributed by atoms with Crippen LogP contribution in [0.25, 0.3) is 0 Å². The van der Waals surface area contributed by atoms with Crippen LogP contribution in [-0.2, 0) is 13.0 Å². The average Bonchev–Trinajstić information content (AvgIpc) is 2.67. The van der Waals surface area contributed by atoms with Crippen LogP contribution >= 0.6 is 0 Å². The third kappa shape index (κ3) is 4.59. The molecule has 3 rings (SSSR count). The van der Waals surface area contributed by atoms with Crippen molar-refractivity contribution in [2.75, 3.05) is 31.1 Å². The van der Waals surface area contributed by atoms with Gasteiger partial charge in [0.1, 0.15) is 0 Å². The van der Waals surface area contributed by atoms with Crippen LogP contribution < -0.4 is 4.90 Å². The molecule has 2 heterocycles. The number of anilines is 1. The summed E-state index contributed by atoms with van der Waals surface area (Å²) in [6.07, 6.45) is 3.32. The summed E-state index contributed by atoms with van der Waals surface area (Å²) in [7, 11) is 0. The smallest absolute Gasteiger partial charge is 0.225 e. The van der Waals surface area contributed by atoms with Crippen molar-refractivity contribution >= 4 is 5.95 Å². The number of aliphatic hydroxyl groups is 1. The summed E-state index contributed by atoms with van der Waals surface area (Å²) in [5, 5.41) is 9.47. The molecule has 2 aromatic rings. The van der Waals surface area contributed by atoms with E-state index in [4.69, 9.17) is 0 Å². The topological polar surface area (TPSA) is 52.5 Å². The van der Waals surface area contributed by atoms with E-state index in [2.05, 4.69) is 26.7 Å². The fraction of sp³-hybridized carbons (Fsp3) is 0.500. The molecule has 0 aliphatic carbocycles. The highest BCUT2D eigenvalue weighted by molar-refractivity contribution is 5.34. The van der Waals surface area contributed by atoms with E-state index in [1.165, 1.54) is 6.07 Å². The molecule has 1 aliphatic heterocycles. The van der Waals surface area contributed by atoms with Gasteiger partial charge in [0, 0.05) is 50.7 Å². The highest BCUT2D eigenvalue weighted by atomic mass is 19.2. The van der Waals surface area contributed by atoms with E-state index >= 15 is 0 Å². The third-order valence-corrected chi connectivity index (χ3v) is 5.12. The molecule has 7 heteroatoms. The van der Waals surface area contributed by atoms with Gasteiger partial charge in [-0.3, -0.25) is 4.90 Å². The molecule has 1 saturated heterocycles. The van der Waals surface area contributed by atoms with Gasteiger partial charge in [-0.15, -0.1) is 0 Å². The number of rotatable bonds is 6. The number of halogens is 2. The monoisotopic (exact) mass is 376 g/mol. The number of piperazine rings is 1. The Morgan fingerprint density at radius 1 is 1.22 bits per heavy atom. The van der Waals surface area contributed by atoms with Crippen LogP contribution in [-0.4, -0.2) is 52.3 Å². The Balaban J connectivity index is 1.73. The van der Waals surface area contributed by atoms with Gasteiger partial charge in [0.25, 0.3) is 0 Å². The van der Waals surface area contributed by atoms with Gasteiger partial charge in [-0.25, -0.2) is 18.7 Å². The molecular weight excluding hydrogens is 350 g/mol. The summed E-state index contributed by atoms with van der Waals surface area (Å²) in [4.78, 5) is 13.5. The third-order valence-electron chi connectivity index (χ3n) is 5.12. The van der Waals surface area contributed by atoms with Crippen molar-refractivity contribution in [1.82, 2.24) is 14.9 Å². The zero-order valence-corrected chi connectivity index (χ0v) is 15.8. The summed E-state index contributed by atoms with van der Waals surface area (Å²) < 4.78 is 26.7. The zero-order valence-electron chi connectivity index (χ0n) is 15.8. The first-order chi connectivity index (χ1) is 13.0. The molecule has 1 N–H and O–H groups in total. The second-order valence-electron chi connectivity index (χ2n) is 6.98. The summed E-state index contributed by atoms with van der Waals surface area (Å²) in [6.45, 7) is 6.85. The molecule has 0 bridgehead atoms. The van der Waals surface area contributed by atoms with Gasteiger partial charge in [-0.1, -0.05) is 13.0 Å². The number of benzene rings is 1. The normalized spacial score (nSPS) is 18.1. The molecule has 1 atom stereocenters. The first-order valence-corrected chi connectivity index (χ1v) is 9.38. The maximum absolute atomic E-state index is 13.5. The Labute approximate surface area is 158 Å². The van der Waals surface area contributed by atoms with E-state index < -0.39 is 11.6 Å². The maximum Gasteiger partial charge on any atom is 0.225 e. The van der Waals surface area contributed by atoms with Crippen LogP contribution in [0.3, 0.4) is 0 Å². The van der Waals surface area contributed by atoms with Crippen molar-refractivity contribution in [3.63, 3.8) is 0 Å². The molecule has 27 heavy (non-hydrogen) atoms. The molecule has 0 unspecified atom stereocenters. The number of aromatic nitrogens is 2. The molecule has 1 aliphatic rings. The lowest BCUT2D eigenvalue weighted by Crippen LogP contribution is -2.53. The Hall–Kier alpha value is -2.12. The molecule has 5 nitrogen and oxygen atoms in total. The summed E-state index contributed by atoms with van der Waals surface area (Å²) >= 11 is 0. The maximum atomic E-state index is 13.5. The van der Waals surface area contributed by atoms with Crippen LogP contribution in [0.15, 0.2) is 24.4 Å². The van der Waals surface area contributed by atoms with E-state index in [0.717, 1.165) is 42.4 Å². The second kappa shape index (κ2) is 8.71. The van der Waals surface area contributed by atoms with Crippen molar-refractivity contribution < 1.29 is 13.9 Å².